The fourth-order valence-electron chi connectivity index (χ4n) is 1.63. The van der Waals surface area contributed by atoms with Crippen LogP contribution in [0, 0.1) is 6.92 Å². The van der Waals surface area contributed by atoms with Crippen molar-refractivity contribution >= 4 is 37.7 Å². The molecule has 2 aromatic rings. The van der Waals surface area contributed by atoms with E-state index in [9.17, 15) is 0 Å². The number of rotatable bonds is 3. The van der Waals surface area contributed by atoms with Crippen LogP contribution in [-0.4, -0.2) is 16.0 Å². The zero-order valence-electron chi connectivity index (χ0n) is 10.5. The highest BCUT2D eigenvalue weighted by atomic mass is 79.9. The van der Waals surface area contributed by atoms with Crippen LogP contribution < -0.4 is 10.5 Å². The lowest BCUT2D eigenvalue weighted by atomic mass is 10.1. The number of amidine groups is 1. The molecule has 20 heavy (non-hydrogen) atoms. The Morgan fingerprint density at radius 2 is 2.10 bits per heavy atom. The average Bonchev–Trinajstić information content (AvgIpc) is 2.41. The van der Waals surface area contributed by atoms with Gasteiger partial charge in [0.25, 0.3) is 0 Å². The fourth-order valence-corrected chi connectivity index (χ4v) is 2.76. The number of aryl methyl sites for hydroxylation is 1. The van der Waals surface area contributed by atoms with Gasteiger partial charge in [0, 0.05) is 10.7 Å². The second kappa shape index (κ2) is 6.23. The second-order valence-electron chi connectivity index (χ2n) is 3.97. The fraction of sp³-hybridized carbons (Fsp3) is 0.0769. The summed E-state index contributed by atoms with van der Waals surface area (Å²) in [7, 11) is 0. The van der Waals surface area contributed by atoms with Crippen LogP contribution in [0.25, 0.3) is 0 Å². The van der Waals surface area contributed by atoms with Gasteiger partial charge in [0.05, 0.1) is 10.0 Å². The number of oxime groups is 1. The Bertz CT molecular complexity index is 675. The van der Waals surface area contributed by atoms with Crippen molar-refractivity contribution in [2.24, 2.45) is 10.9 Å². The summed E-state index contributed by atoms with van der Waals surface area (Å²) in [6, 6.07) is 7.25. The van der Waals surface area contributed by atoms with Crippen molar-refractivity contribution in [2.45, 2.75) is 6.92 Å². The lowest BCUT2D eigenvalue weighted by molar-refractivity contribution is 0.318. The van der Waals surface area contributed by atoms with Gasteiger partial charge in [-0.05, 0) is 52.7 Å². The maximum atomic E-state index is 8.86. The molecule has 5 nitrogen and oxygen atoms in total. The van der Waals surface area contributed by atoms with E-state index >= 15 is 0 Å². The normalized spacial score (nSPS) is 11.4. The first-order valence-electron chi connectivity index (χ1n) is 5.59. The second-order valence-corrected chi connectivity index (χ2v) is 5.74. The maximum Gasteiger partial charge on any atom is 0.230 e. The molecule has 0 atom stereocenters. The molecule has 1 heterocycles. The first-order chi connectivity index (χ1) is 9.52. The van der Waals surface area contributed by atoms with E-state index < -0.39 is 0 Å². The van der Waals surface area contributed by atoms with E-state index in [0.29, 0.717) is 11.3 Å². The molecule has 0 bridgehead atoms. The minimum atomic E-state index is -0.0427. The van der Waals surface area contributed by atoms with Gasteiger partial charge in [-0.1, -0.05) is 21.1 Å². The molecule has 1 aromatic heterocycles. The van der Waals surface area contributed by atoms with Crippen LogP contribution in [0.2, 0.25) is 0 Å². The van der Waals surface area contributed by atoms with Crippen molar-refractivity contribution in [2.75, 3.05) is 0 Å². The Labute approximate surface area is 132 Å². The summed E-state index contributed by atoms with van der Waals surface area (Å²) in [5, 5.41) is 11.9. The van der Waals surface area contributed by atoms with E-state index in [1.807, 2.05) is 19.1 Å². The number of hydrogen-bond acceptors (Lipinski definition) is 4. The van der Waals surface area contributed by atoms with Gasteiger partial charge in [0.1, 0.15) is 5.75 Å². The average molecular weight is 401 g/mol. The number of halogens is 2. The summed E-state index contributed by atoms with van der Waals surface area (Å²) in [5.41, 5.74) is 6.94. The molecule has 0 radical (unpaired) electrons. The van der Waals surface area contributed by atoms with Gasteiger partial charge in [-0.15, -0.1) is 0 Å². The maximum absolute atomic E-state index is 8.86. The molecule has 0 aliphatic heterocycles. The van der Waals surface area contributed by atoms with E-state index in [1.54, 1.807) is 18.3 Å². The zero-order valence-corrected chi connectivity index (χ0v) is 13.6. The summed E-state index contributed by atoms with van der Waals surface area (Å²) in [6.07, 6.45) is 1.60. The summed E-state index contributed by atoms with van der Waals surface area (Å²) >= 11 is 6.78. The van der Waals surface area contributed by atoms with E-state index in [4.69, 9.17) is 15.7 Å². The van der Waals surface area contributed by atoms with Gasteiger partial charge in [-0.2, -0.15) is 0 Å². The number of benzene rings is 1. The van der Waals surface area contributed by atoms with Crippen LogP contribution in [0.5, 0.6) is 11.6 Å². The lowest BCUT2D eigenvalue weighted by Gasteiger charge is -2.12. The predicted molar refractivity (Wildman–Crippen MR) is 83.4 cm³/mol. The smallest absolute Gasteiger partial charge is 0.230 e. The van der Waals surface area contributed by atoms with Crippen molar-refractivity contribution in [3.63, 3.8) is 0 Å². The summed E-state index contributed by atoms with van der Waals surface area (Å²) in [6.45, 7) is 1.83. The number of nitrogens with zero attached hydrogens (tertiary/aromatic N) is 2. The molecule has 7 heteroatoms. The van der Waals surface area contributed by atoms with Crippen LogP contribution in [0.3, 0.4) is 0 Å². The largest absolute Gasteiger partial charge is 0.437 e. The minimum Gasteiger partial charge on any atom is -0.437 e. The Hall–Kier alpha value is -1.60. The molecule has 0 fully saturated rings. The van der Waals surface area contributed by atoms with Crippen molar-refractivity contribution in [1.82, 2.24) is 4.98 Å². The third kappa shape index (κ3) is 3.10. The monoisotopic (exact) mass is 399 g/mol. The van der Waals surface area contributed by atoms with Crippen molar-refractivity contribution in [1.29, 1.82) is 0 Å². The van der Waals surface area contributed by atoms with Crippen molar-refractivity contribution in [3.8, 4) is 11.6 Å². The van der Waals surface area contributed by atoms with Crippen molar-refractivity contribution in [3.05, 3.63) is 50.5 Å². The Kier molecular flexibility index (Phi) is 4.61. The zero-order chi connectivity index (χ0) is 14.7. The van der Waals surface area contributed by atoms with Gasteiger partial charge < -0.3 is 15.7 Å². The molecule has 0 saturated carbocycles. The van der Waals surface area contributed by atoms with E-state index in [2.05, 4.69) is 42.0 Å². The molecule has 0 unspecified atom stereocenters. The lowest BCUT2D eigenvalue weighted by Crippen LogP contribution is -2.16. The van der Waals surface area contributed by atoms with Gasteiger partial charge in [0.15, 0.2) is 5.84 Å². The van der Waals surface area contributed by atoms with Gasteiger partial charge in [0.2, 0.25) is 5.88 Å². The SMILES string of the molecule is Cc1ccnc(Oc2ccc(Br)cc2Br)c1/C(N)=N/O. The molecule has 0 saturated heterocycles. The van der Waals surface area contributed by atoms with Crippen LogP contribution >= 0.6 is 31.9 Å². The minimum absolute atomic E-state index is 0.0427. The molecule has 1 aromatic carbocycles. The summed E-state index contributed by atoms with van der Waals surface area (Å²) in [4.78, 5) is 4.14. The number of pyridine rings is 1. The third-order valence-corrected chi connectivity index (χ3v) is 3.70. The molecule has 3 N–H and O–H groups in total. The standard InChI is InChI=1S/C13H11Br2N3O2/c1-7-4-5-17-13(11(7)12(16)18-19)20-10-3-2-8(14)6-9(10)15/h2-6,19H,1H3,(H2,16,18). The topological polar surface area (TPSA) is 80.7 Å². The van der Waals surface area contributed by atoms with E-state index in [1.165, 1.54) is 0 Å². The molecule has 2 rings (SSSR count). The molecule has 0 aliphatic rings. The first-order valence-corrected chi connectivity index (χ1v) is 7.18. The number of ether oxygens (including phenoxy) is 1. The van der Waals surface area contributed by atoms with Gasteiger partial charge >= 0.3 is 0 Å². The van der Waals surface area contributed by atoms with E-state index in [-0.39, 0.29) is 11.7 Å². The highest BCUT2D eigenvalue weighted by molar-refractivity contribution is 9.11. The van der Waals surface area contributed by atoms with E-state index in [0.717, 1.165) is 14.5 Å². The Balaban J connectivity index is 2.46. The number of aromatic nitrogens is 1. The molecule has 104 valence electrons. The molecular formula is C13H11Br2N3O2. The number of hydrogen-bond donors (Lipinski definition) is 2. The Morgan fingerprint density at radius 3 is 2.75 bits per heavy atom. The van der Waals surface area contributed by atoms with Crippen molar-refractivity contribution < 1.29 is 9.94 Å². The van der Waals surface area contributed by atoms with Crippen LogP contribution in [-0.2, 0) is 0 Å². The highest BCUT2D eigenvalue weighted by Gasteiger charge is 2.15. The molecular weight excluding hydrogens is 390 g/mol. The molecule has 0 amide bonds. The third-order valence-electron chi connectivity index (χ3n) is 2.59. The van der Waals surface area contributed by atoms with Gasteiger partial charge in [-0.3, -0.25) is 0 Å². The van der Waals surface area contributed by atoms with Crippen LogP contribution in [0.15, 0.2) is 44.6 Å². The number of nitrogens with two attached hydrogens (primary N) is 1. The molecule has 0 aliphatic carbocycles. The predicted octanol–water partition coefficient (Wildman–Crippen LogP) is 3.80. The summed E-state index contributed by atoms with van der Waals surface area (Å²) in [5.74, 6) is 0.820. The van der Waals surface area contributed by atoms with Crippen LogP contribution in [0.4, 0.5) is 0 Å². The quantitative estimate of drug-likeness (QED) is 0.355. The highest BCUT2D eigenvalue weighted by Crippen LogP contribution is 2.33. The van der Waals surface area contributed by atoms with Crippen LogP contribution in [0.1, 0.15) is 11.1 Å². The first kappa shape index (κ1) is 14.8. The van der Waals surface area contributed by atoms with Gasteiger partial charge in [-0.25, -0.2) is 4.98 Å². The summed E-state index contributed by atoms with van der Waals surface area (Å²) < 4.78 is 7.43. The Morgan fingerprint density at radius 1 is 1.35 bits per heavy atom. The molecule has 0 spiro atoms.